The fraction of sp³-hybridized carbons (Fsp3) is 0.333. The maximum absolute atomic E-state index is 14.0. The van der Waals surface area contributed by atoms with Gasteiger partial charge in [0.25, 0.3) is 17.7 Å². The van der Waals surface area contributed by atoms with Crippen LogP contribution in [-0.4, -0.2) is 42.4 Å². The quantitative estimate of drug-likeness (QED) is 0.393. The molecule has 5 N–H and O–H groups in total. The molecule has 1 aliphatic rings. The lowest BCUT2D eigenvalue weighted by Crippen LogP contribution is -2.46. The highest BCUT2D eigenvalue weighted by Crippen LogP contribution is 2.38. The van der Waals surface area contributed by atoms with Crippen LogP contribution < -0.4 is 31.2 Å². The zero-order valence-corrected chi connectivity index (χ0v) is 20.7. The second kappa shape index (κ2) is 10.7. The Balaban J connectivity index is 1.85. The number of nitrogens with zero attached hydrogens (tertiary/aromatic N) is 2. The van der Waals surface area contributed by atoms with E-state index in [0.29, 0.717) is 17.2 Å². The molecule has 1 aliphatic carbocycles. The highest BCUT2D eigenvalue weighted by Gasteiger charge is 2.39. The Morgan fingerprint density at radius 2 is 1.89 bits per heavy atom. The van der Waals surface area contributed by atoms with Crippen molar-refractivity contribution in [1.82, 2.24) is 9.69 Å². The van der Waals surface area contributed by atoms with Gasteiger partial charge in [-0.25, -0.2) is 0 Å². The van der Waals surface area contributed by atoms with Crippen LogP contribution in [0.25, 0.3) is 0 Å². The van der Waals surface area contributed by atoms with Gasteiger partial charge in [0, 0.05) is 17.8 Å². The molecule has 1 fully saturated rings. The molecule has 4 rings (SSSR count). The van der Waals surface area contributed by atoms with Gasteiger partial charge in [-0.3, -0.25) is 19.3 Å². The maximum Gasteiger partial charge on any atom is 0.273 e. The number of anilines is 2. The smallest absolute Gasteiger partial charge is 0.273 e. The monoisotopic (exact) mass is 513 g/mol. The van der Waals surface area contributed by atoms with Crippen molar-refractivity contribution in [2.45, 2.75) is 37.8 Å². The number of benzene rings is 1. The predicted octanol–water partition coefficient (Wildman–Crippen LogP) is 2.88. The fourth-order valence-corrected chi connectivity index (χ4v) is 5.01. The van der Waals surface area contributed by atoms with E-state index in [0.717, 1.165) is 37.2 Å². The fourth-order valence-electron chi connectivity index (χ4n) is 4.27. The average molecular weight is 514 g/mol. The summed E-state index contributed by atoms with van der Waals surface area (Å²) in [5.41, 5.74) is 11.4. The molecule has 2 heterocycles. The number of methoxy groups -OCH3 is 2. The van der Waals surface area contributed by atoms with Crippen LogP contribution in [0, 0.1) is 0 Å². The first-order valence-corrected chi connectivity index (χ1v) is 12.1. The van der Waals surface area contributed by atoms with E-state index in [1.807, 2.05) is 0 Å². The molecule has 12 heteroatoms. The number of nitrogens with one attached hydrogen (secondary N) is 1. The molecule has 190 valence electrons. The SMILES string of the molecule is COc1ccc(N(C(=O)c2snc(C(N)=O)c2N)[C@H](C(=O)NC2CCCC2)c2ccco2)cc1OC. The number of amides is 3. The van der Waals surface area contributed by atoms with Crippen LogP contribution in [0.3, 0.4) is 0 Å². The molecule has 0 saturated heterocycles. The first-order chi connectivity index (χ1) is 17.3. The van der Waals surface area contributed by atoms with E-state index in [-0.39, 0.29) is 28.1 Å². The van der Waals surface area contributed by atoms with Gasteiger partial charge in [0.05, 0.1) is 26.2 Å². The summed E-state index contributed by atoms with van der Waals surface area (Å²) in [6.07, 6.45) is 5.16. The topological polar surface area (TPSA) is 163 Å². The van der Waals surface area contributed by atoms with Crippen molar-refractivity contribution in [3.63, 3.8) is 0 Å². The number of carbonyl (C=O) groups is 3. The molecule has 11 nitrogen and oxygen atoms in total. The van der Waals surface area contributed by atoms with Crippen molar-refractivity contribution in [2.24, 2.45) is 5.73 Å². The van der Waals surface area contributed by atoms with E-state index in [4.69, 9.17) is 25.4 Å². The van der Waals surface area contributed by atoms with Crippen molar-refractivity contribution in [2.75, 3.05) is 24.9 Å². The second-order valence-electron chi connectivity index (χ2n) is 8.26. The summed E-state index contributed by atoms with van der Waals surface area (Å²) in [6, 6.07) is 6.86. The third-order valence-corrected chi connectivity index (χ3v) is 6.89. The Bertz CT molecular complexity index is 1250. The average Bonchev–Trinajstić information content (AvgIpc) is 3.64. The standard InChI is InChI=1S/C24H27N5O6S/c1-33-15-10-9-14(12-17(15)34-2)29(24(32)21-18(25)19(22(26)30)28-36-21)20(16-8-5-11-35-16)23(31)27-13-6-3-4-7-13/h5,8-13,20H,3-4,6-7,25H2,1-2H3,(H2,26,30)(H,27,31)/t20-/m0/s1. The number of hydrogen-bond acceptors (Lipinski definition) is 9. The van der Waals surface area contributed by atoms with E-state index in [1.165, 1.54) is 25.4 Å². The minimum atomic E-state index is -1.19. The molecule has 0 unspecified atom stereocenters. The number of nitrogens with two attached hydrogens (primary N) is 2. The highest BCUT2D eigenvalue weighted by molar-refractivity contribution is 7.09. The van der Waals surface area contributed by atoms with Crippen LogP contribution in [0.5, 0.6) is 11.5 Å². The molecular formula is C24H27N5O6S. The third-order valence-electron chi connectivity index (χ3n) is 6.04. The second-order valence-corrected chi connectivity index (χ2v) is 9.03. The zero-order valence-electron chi connectivity index (χ0n) is 19.9. The molecule has 0 radical (unpaired) electrons. The summed E-state index contributed by atoms with van der Waals surface area (Å²) in [5, 5.41) is 3.05. The number of furan rings is 1. The normalized spacial score (nSPS) is 14.3. The maximum atomic E-state index is 14.0. The molecule has 1 saturated carbocycles. The number of hydrogen-bond donors (Lipinski definition) is 3. The Hall–Kier alpha value is -4.06. The van der Waals surface area contributed by atoms with Gasteiger partial charge in [-0.2, -0.15) is 4.37 Å². The van der Waals surface area contributed by atoms with Crippen molar-refractivity contribution in [1.29, 1.82) is 0 Å². The van der Waals surface area contributed by atoms with Crippen LogP contribution in [0.4, 0.5) is 11.4 Å². The van der Waals surface area contributed by atoms with Crippen molar-refractivity contribution in [3.8, 4) is 11.5 Å². The van der Waals surface area contributed by atoms with Crippen LogP contribution >= 0.6 is 11.5 Å². The van der Waals surface area contributed by atoms with E-state index < -0.39 is 23.8 Å². The summed E-state index contributed by atoms with van der Waals surface area (Å²) in [4.78, 5) is 40.6. The molecule has 36 heavy (non-hydrogen) atoms. The van der Waals surface area contributed by atoms with Crippen molar-refractivity contribution in [3.05, 3.63) is 52.9 Å². The molecule has 3 amide bonds. The number of aromatic nitrogens is 1. The molecule has 2 aromatic heterocycles. The lowest BCUT2D eigenvalue weighted by atomic mass is 10.1. The molecule has 0 bridgehead atoms. The van der Waals surface area contributed by atoms with Crippen molar-refractivity contribution >= 4 is 40.6 Å². The lowest BCUT2D eigenvalue weighted by molar-refractivity contribution is -0.123. The number of rotatable bonds is 9. The molecule has 1 atom stereocenters. The van der Waals surface area contributed by atoms with Crippen LogP contribution in [-0.2, 0) is 4.79 Å². The summed E-state index contributed by atoms with van der Waals surface area (Å²) in [7, 11) is 2.95. The van der Waals surface area contributed by atoms with Gasteiger partial charge < -0.3 is 30.7 Å². The summed E-state index contributed by atoms with van der Waals surface area (Å²) < 4.78 is 20.3. The molecular weight excluding hydrogens is 486 g/mol. The number of carbonyl (C=O) groups excluding carboxylic acids is 3. The molecule has 1 aromatic carbocycles. The summed E-state index contributed by atoms with van der Waals surface area (Å²) in [6.45, 7) is 0. The van der Waals surface area contributed by atoms with Crippen molar-refractivity contribution < 1.29 is 28.3 Å². The van der Waals surface area contributed by atoms with Gasteiger partial charge in [-0.05, 0) is 48.6 Å². The first kappa shape index (κ1) is 25.0. The Kier molecular flexibility index (Phi) is 7.44. The van der Waals surface area contributed by atoms with Gasteiger partial charge in [-0.15, -0.1) is 0 Å². The summed E-state index contributed by atoms with van der Waals surface area (Å²) in [5.74, 6) is -0.913. The Morgan fingerprint density at radius 1 is 1.17 bits per heavy atom. The Labute approximate surface area is 211 Å². The van der Waals surface area contributed by atoms with Gasteiger partial charge >= 0.3 is 0 Å². The molecule has 0 aliphatic heterocycles. The van der Waals surface area contributed by atoms with E-state index in [1.54, 1.807) is 30.3 Å². The lowest BCUT2D eigenvalue weighted by Gasteiger charge is -2.31. The van der Waals surface area contributed by atoms with E-state index in [9.17, 15) is 14.4 Å². The van der Waals surface area contributed by atoms with Gasteiger partial charge in [0.2, 0.25) is 0 Å². The number of ether oxygens (including phenoxy) is 2. The minimum Gasteiger partial charge on any atom is -0.493 e. The van der Waals surface area contributed by atoms with Gasteiger partial charge in [0.1, 0.15) is 10.6 Å². The van der Waals surface area contributed by atoms with Gasteiger partial charge in [0.15, 0.2) is 23.2 Å². The minimum absolute atomic E-state index is 0.00717. The molecule has 0 spiro atoms. The van der Waals surface area contributed by atoms with Crippen LogP contribution in [0.2, 0.25) is 0 Å². The number of primary amides is 1. The summed E-state index contributed by atoms with van der Waals surface area (Å²) >= 11 is 0.727. The predicted molar refractivity (Wildman–Crippen MR) is 133 cm³/mol. The molecule has 3 aromatic rings. The first-order valence-electron chi connectivity index (χ1n) is 11.3. The van der Waals surface area contributed by atoms with Gasteiger partial charge in [-0.1, -0.05) is 12.8 Å². The highest BCUT2D eigenvalue weighted by atomic mass is 32.1. The van der Waals surface area contributed by atoms with Crippen LogP contribution in [0.1, 0.15) is 57.6 Å². The zero-order chi connectivity index (χ0) is 25.8. The largest absolute Gasteiger partial charge is 0.493 e. The van der Waals surface area contributed by atoms with E-state index in [2.05, 4.69) is 9.69 Å². The number of nitrogen functional groups attached to an aromatic ring is 1. The third kappa shape index (κ3) is 4.85. The Morgan fingerprint density at radius 3 is 2.47 bits per heavy atom. The van der Waals surface area contributed by atoms with Crippen LogP contribution in [0.15, 0.2) is 41.0 Å². The van der Waals surface area contributed by atoms with E-state index >= 15 is 0 Å².